The minimum atomic E-state index is -3.59. The molecule has 126 valence electrons. The Bertz CT molecular complexity index is 722. The van der Waals surface area contributed by atoms with E-state index in [1.54, 1.807) is 19.9 Å². The van der Waals surface area contributed by atoms with Crippen molar-refractivity contribution in [3.63, 3.8) is 0 Å². The maximum Gasteiger partial charge on any atom is 0.268 e. The summed E-state index contributed by atoms with van der Waals surface area (Å²) in [5.41, 5.74) is -0.530. The van der Waals surface area contributed by atoms with E-state index < -0.39 is 15.6 Å². The summed E-state index contributed by atoms with van der Waals surface area (Å²) < 4.78 is 33.5. The quantitative estimate of drug-likeness (QED) is 0.886. The van der Waals surface area contributed by atoms with Crippen LogP contribution in [0.2, 0.25) is 0 Å². The van der Waals surface area contributed by atoms with Crippen molar-refractivity contribution in [3.05, 3.63) is 18.2 Å². The number of anilines is 1. The van der Waals surface area contributed by atoms with Crippen LogP contribution in [0.5, 0.6) is 5.75 Å². The molecule has 0 saturated heterocycles. The highest BCUT2D eigenvalue weighted by molar-refractivity contribution is 7.89. The monoisotopic (exact) mass is 338 g/mol. The molecule has 6 nitrogen and oxygen atoms in total. The first kappa shape index (κ1) is 16.3. The lowest BCUT2D eigenvalue weighted by molar-refractivity contribution is -0.129. The number of benzene rings is 1. The molecule has 0 radical (unpaired) electrons. The zero-order valence-corrected chi connectivity index (χ0v) is 14.2. The van der Waals surface area contributed by atoms with Gasteiger partial charge in [-0.3, -0.25) is 4.79 Å². The second kappa shape index (κ2) is 5.79. The van der Waals surface area contributed by atoms with E-state index in [0.29, 0.717) is 11.4 Å². The number of hydrogen-bond acceptors (Lipinski definition) is 4. The van der Waals surface area contributed by atoms with Gasteiger partial charge in [-0.25, -0.2) is 13.1 Å². The van der Waals surface area contributed by atoms with Gasteiger partial charge in [0.2, 0.25) is 10.0 Å². The van der Waals surface area contributed by atoms with Crippen LogP contribution in [0, 0.1) is 0 Å². The van der Waals surface area contributed by atoms with Crippen LogP contribution < -0.4 is 14.8 Å². The van der Waals surface area contributed by atoms with Crippen LogP contribution in [0.1, 0.15) is 46.0 Å². The minimum absolute atomic E-state index is 0.00171. The molecule has 1 aromatic rings. The van der Waals surface area contributed by atoms with Gasteiger partial charge in [0, 0.05) is 12.1 Å². The standard InChI is InChI=1S/C16H22N2O4S/c1-16(2)15(19)17-13-9-8-12(10-14(13)22-16)23(20,21)18-11-6-4-3-5-7-11/h8-11,18H,3-7H2,1-2H3,(H,17,19). The Morgan fingerprint density at radius 1 is 1.22 bits per heavy atom. The van der Waals surface area contributed by atoms with E-state index in [0.717, 1.165) is 25.7 Å². The average Bonchev–Trinajstić information content (AvgIpc) is 2.48. The van der Waals surface area contributed by atoms with E-state index in [9.17, 15) is 13.2 Å². The number of hydrogen-bond donors (Lipinski definition) is 2. The van der Waals surface area contributed by atoms with Crippen molar-refractivity contribution in [2.75, 3.05) is 5.32 Å². The molecular formula is C16H22N2O4S. The second-order valence-corrected chi connectivity index (χ2v) is 8.39. The zero-order chi connectivity index (χ0) is 16.7. The Hall–Kier alpha value is -1.60. The summed E-state index contributed by atoms with van der Waals surface area (Å²) in [5.74, 6) is 0.127. The van der Waals surface area contributed by atoms with Gasteiger partial charge in [0.25, 0.3) is 5.91 Å². The Labute approximate surface area is 136 Å². The van der Waals surface area contributed by atoms with Crippen LogP contribution in [0.25, 0.3) is 0 Å². The molecule has 1 aromatic carbocycles. The summed E-state index contributed by atoms with van der Waals surface area (Å²) in [6, 6.07) is 4.53. The molecule has 0 atom stereocenters. The fourth-order valence-electron chi connectivity index (χ4n) is 2.96. The van der Waals surface area contributed by atoms with Gasteiger partial charge >= 0.3 is 0 Å². The van der Waals surface area contributed by atoms with Crippen molar-refractivity contribution in [1.82, 2.24) is 4.72 Å². The van der Waals surface area contributed by atoms with Crippen molar-refractivity contribution >= 4 is 21.6 Å². The third-order valence-electron chi connectivity index (χ3n) is 4.35. The van der Waals surface area contributed by atoms with Crippen LogP contribution in [-0.4, -0.2) is 26.0 Å². The third-order valence-corrected chi connectivity index (χ3v) is 5.87. The highest BCUT2D eigenvalue weighted by Gasteiger charge is 2.36. The molecule has 1 heterocycles. The molecule has 2 N–H and O–H groups in total. The fourth-order valence-corrected chi connectivity index (χ4v) is 4.28. The first-order chi connectivity index (χ1) is 10.8. The van der Waals surface area contributed by atoms with Crippen molar-refractivity contribution < 1.29 is 17.9 Å². The maximum atomic E-state index is 12.6. The number of fused-ring (bicyclic) bond motifs is 1. The molecule has 23 heavy (non-hydrogen) atoms. The van der Waals surface area contributed by atoms with Gasteiger partial charge in [-0.1, -0.05) is 19.3 Å². The normalized spacial score (nSPS) is 21.2. The molecule has 0 bridgehead atoms. The summed E-state index contributed by atoms with van der Waals surface area (Å²) in [7, 11) is -3.59. The molecule has 3 rings (SSSR count). The molecule has 0 aromatic heterocycles. The topological polar surface area (TPSA) is 84.5 Å². The average molecular weight is 338 g/mol. The lowest BCUT2D eigenvalue weighted by Crippen LogP contribution is -2.45. The molecule has 7 heteroatoms. The second-order valence-electron chi connectivity index (χ2n) is 6.68. The first-order valence-corrected chi connectivity index (χ1v) is 9.43. The van der Waals surface area contributed by atoms with Gasteiger partial charge in [-0.15, -0.1) is 0 Å². The number of carbonyl (C=O) groups excluding carboxylic acids is 1. The van der Waals surface area contributed by atoms with E-state index in [4.69, 9.17) is 4.74 Å². The zero-order valence-electron chi connectivity index (χ0n) is 13.4. The van der Waals surface area contributed by atoms with Crippen LogP contribution in [-0.2, 0) is 14.8 Å². The summed E-state index contributed by atoms with van der Waals surface area (Å²) in [6.45, 7) is 3.29. The third kappa shape index (κ3) is 3.35. The van der Waals surface area contributed by atoms with Crippen molar-refractivity contribution in [2.45, 2.75) is 62.5 Å². The molecular weight excluding hydrogens is 316 g/mol. The number of sulfonamides is 1. The van der Waals surface area contributed by atoms with E-state index in [1.807, 2.05) is 0 Å². The number of amides is 1. The predicted molar refractivity (Wildman–Crippen MR) is 87.0 cm³/mol. The van der Waals surface area contributed by atoms with E-state index >= 15 is 0 Å². The number of ether oxygens (including phenoxy) is 1. The van der Waals surface area contributed by atoms with E-state index in [1.165, 1.54) is 18.6 Å². The van der Waals surface area contributed by atoms with Gasteiger partial charge in [0.1, 0.15) is 5.75 Å². The summed E-state index contributed by atoms with van der Waals surface area (Å²) in [4.78, 5) is 12.0. The summed E-state index contributed by atoms with van der Waals surface area (Å²) in [5, 5.41) is 2.73. The Morgan fingerprint density at radius 3 is 2.61 bits per heavy atom. The smallest absolute Gasteiger partial charge is 0.268 e. The Morgan fingerprint density at radius 2 is 1.91 bits per heavy atom. The summed E-state index contributed by atoms with van der Waals surface area (Å²) in [6.07, 6.45) is 5.04. The van der Waals surface area contributed by atoms with Gasteiger partial charge in [0.15, 0.2) is 5.60 Å². The number of rotatable bonds is 3. The Kier molecular flexibility index (Phi) is 4.10. The minimum Gasteiger partial charge on any atom is -0.476 e. The van der Waals surface area contributed by atoms with Crippen LogP contribution in [0.15, 0.2) is 23.1 Å². The molecule has 1 aliphatic carbocycles. The van der Waals surface area contributed by atoms with Crippen LogP contribution >= 0.6 is 0 Å². The van der Waals surface area contributed by atoms with Crippen LogP contribution in [0.4, 0.5) is 5.69 Å². The highest BCUT2D eigenvalue weighted by atomic mass is 32.2. The van der Waals surface area contributed by atoms with E-state index in [-0.39, 0.29) is 16.8 Å². The molecule has 0 spiro atoms. The van der Waals surface area contributed by atoms with Crippen molar-refractivity contribution in [2.24, 2.45) is 0 Å². The van der Waals surface area contributed by atoms with Gasteiger partial charge in [0.05, 0.1) is 10.6 Å². The first-order valence-electron chi connectivity index (χ1n) is 7.95. The van der Waals surface area contributed by atoms with Crippen molar-refractivity contribution in [3.8, 4) is 5.75 Å². The highest BCUT2D eigenvalue weighted by Crippen LogP contribution is 2.35. The van der Waals surface area contributed by atoms with Gasteiger partial charge in [-0.05, 0) is 38.8 Å². The molecule has 1 aliphatic heterocycles. The molecule has 1 saturated carbocycles. The SMILES string of the molecule is CC1(C)Oc2cc(S(=O)(=O)NC3CCCCC3)ccc2NC1=O. The van der Waals surface area contributed by atoms with Gasteiger partial charge in [-0.2, -0.15) is 0 Å². The number of nitrogens with one attached hydrogen (secondary N) is 2. The number of carbonyl (C=O) groups is 1. The molecule has 0 unspecified atom stereocenters. The van der Waals surface area contributed by atoms with Gasteiger partial charge < -0.3 is 10.1 Å². The fraction of sp³-hybridized carbons (Fsp3) is 0.562. The van der Waals surface area contributed by atoms with E-state index in [2.05, 4.69) is 10.0 Å². The lowest BCUT2D eigenvalue weighted by atomic mass is 9.96. The molecule has 1 amide bonds. The maximum absolute atomic E-state index is 12.6. The van der Waals surface area contributed by atoms with Crippen LogP contribution in [0.3, 0.4) is 0 Å². The predicted octanol–water partition coefficient (Wildman–Crippen LogP) is 2.41. The molecule has 1 fully saturated rings. The molecule has 2 aliphatic rings. The Balaban J connectivity index is 1.85. The van der Waals surface area contributed by atoms with Crippen molar-refractivity contribution in [1.29, 1.82) is 0 Å². The largest absolute Gasteiger partial charge is 0.476 e. The summed E-state index contributed by atoms with van der Waals surface area (Å²) >= 11 is 0. The lowest BCUT2D eigenvalue weighted by Gasteiger charge is -2.31.